The normalized spacial score (nSPS) is 18.7. The van der Waals surface area contributed by atoms with Gasteiger partial charge in [-0.15, -0.1) is 0 Å². The molecule has 1 fully saturated rings. The molecule has 4 nitrogen and oxygen atoms in total. The highest BCUT2D eigenvalue weighted by molar-refractivity contribution is 9.10. The van der Waals surface area contributed by atoms with Gasteiger partial charge in [0.1, 0.15) is 6.04 Å². The largest absolute Gasteiger partial charge is 0.372 e. The maximum atomic E-state index is 12.5. The van der Waals surface area contributed by atoms with Gasteiger partial charge in [-0.05, 0) is 47.0 Å². The molecule has 1 aliphatic heterocycles. The number of halogens is 2. The van der Waals surface area contributed by atoms with Gasteiger partial charge in [0.05, 0.1) is 12.1 Å². The van der Waals surface area contributed by atoms with Crippen LogP contribution in [0.15, 0.2) is 22.7 Å². The molecular formula is C15H18BrClN2O2. The van der Waals surface area contributed by atoms with Crippen molar-refractivity contribution in [3.8, 4) is 0 Å². The number of hydrogen-bond acceptors (Lipinski definition) is 3. The summed E-state index contributed by atoms with van der Waals surface area (Å²) in [5.41, 5.74) is 0.722. The Hall–Kier alpha value is -1.07. The minimum absolute atomic E-state index is 0.0143. The Morgan fingerprint density at radius 1 is 1.38 bits per heavy atom. The highest BCUT2D eigenvalue weighted by Crippen LogP contribution is 2.29. The Morgan fingerprint density at radius 2 is 2.05 bits per heavy atom. The van der Waals surface area contributed by atoms with Crippen LogP contribution in [0, 0.1) is 0 Å². The van der Waals surface area contributed by atoms with Crippen LogP contribution in [0.4, 0.5) is 5.69 Å². The zero-order valence-corrected chi connectivity index (χ0v) is 14.4. The summed E-state index contributed by atoms with van der Waals surface area (Å²) in [6, 6.07) is 4.77. The van der Waals surface area contributed by atoms with Crippen molar-refractivity contribution < 1.29 is 9.59 Å². The van der Waals surface area contributed by atoms with E-state index in [1.807, 2.05) is 19.9 Å². The van der Waals surface area contributed by atoms with Crippen molar-refractivity contribution in [1.82, 2.24) is 4.90 Å². The van der Waals surface area contributed by atoms with Gasteiger partial charge in [-0.25, -0.2) is 0 Å². The van der Waals surface area contributed by atoms with Crippen molar-refractivity contribution in [3.05, 3.63) is 27.7 Å². The number of rotatable bonds is 5. The van der Waals surface area contributed by atoms with E-state index in [0.29, 0.717) is 5.02 Å². The van der Waals surface area contributed by atoms with Gasteiger partial charge in [0.25, 0.3) is 5.91 Å². The second kappa shape index (κ2) is 6.79. The molecule has 1 unspecified atom stereocenters. The fourth-order valence-corrected chi connectivity index (χ4v) is 3.13. The lowest BCUT2D eigenvalue weighted by Crippen LogP contribution is -2.41. The third-order valence-corrected chi connectivity index (χ3v) is 4.68. The van der Waals surface area contributed by atoms with Crippen LogP contribution in [0.3, 0.4) is 0 Å². The summed E-state index contributed by atoms with van der Waals surface area (Å²) >= 11 is 9.38. The number of amides is 2. The Labute approximate surface area is 138 Å². The fourth-order valence-electron chi connectivity index (χ4n) is 2.60. The van der Waals surface area contributed by atoms with Gasteiger partial charge in [-0.1, -0.05) is 25.4 Å². The minimum Gasteiger partial charge on any atom is -0.372 e. The molecule has 1 aliphatic rings. The standard InChI is InChI=1S/C15H18BrClN2O2/c1-3-10(4-2)19-14(20)8-13(15(19)21)18-12-7-9(17)5-6-11(12)16/h5-7,10,13,18H,3-4,8H2,1-2H3. The molecule has 0 bridgehead atoms. The van der Waals surface area contributed by atoms with Crippen LogP contribution >= 0.6 is 27.5 Å². The smallest absolute Gasteiger partial charge is 0.252 e. The minimum atomic E-state index is -0.520. The Morgan fingerprint density at radius 3 is 2.67 bits per heavy atom. The van der Waals surface area contributed by atoms with Crippen LogP contribution in [0.2, 0.25) is 5.02 Å². The molecule has 0 aliphatic carbocycles. The molecule has 2 rings (SSSR count). The zero-order valence-electron chi connectivity index (χ0n) is 12.0. The second-order valence-electron chi connectivity index (χ2n) is 5.10. The maximum absolute atomic E-state index is 12.5. The molecule has 1 aromatic carbocycles. The number of benzene rings is 1. The van der Waals surface area contributed by atoms with Gasteiger partial charge in [0.2, 0.25) is 5.91 Å². The first-order valence-electron chi connectivity index (χ1n) is 7.05. The van der Waals surface area contributed by atoms with Crippen molar-refractivity contribution in [3.63, 3.8) is 0 Å². The van der Waals surface area contributed by atoms with Gasteiger partial charge in [0, 0.05) is 15.5 Å². The van der Waals surface area contributed by atoms with E-state index in [2.05, 4.69) is 21.2 Å². The van der Waals surface area contributed by atoms with Crippen LogP contribution in [0.1, 0.15) is 33.1 Å². The molecule has 1 atom stereocenters. The predicted octanol–water partition coefficient (Wildman–Crippen LogP) is 3.83. The van der Waals surface area contributed by atoms with E-state index in [-0.39, 0.29) is 24.3 Å². The molecule has 0 spiro atoms. The molecule has 2 amide bonds. The average molecular weight is 374 g/mol. The molecular weight excluding hydrogens is 356 g/mol. The highest BCUT2D eigenvalue weighted by atomic mass is 79.9. The molecule has 114 valence electrons. The third-order valence-electron chi connectivity index (χ3n) is 3.75. The molecule has 1 N–H and O–H groups in total. The van der Waals surface area contributed by atoms with Crippen molar-refractivity contribution in [2.24, 2.45) is 0 Å². The van der Waals surface area contributed by atoms with Gasteiger partial charge in [0.15, 0.2) is 0 Å². The van der Waals surface area contributed by atoms with Crippen LogP contribution in [-0.2, 0) is 9.59 Å². The summed E-state index contributed by atoms with van der Waals surface area (Å²) in [7, 11) is 0. The maximum Gasteiger partial charge on any atom is 0.252 e. The van der Waals surface area contributed by atoms with E-state index < -0.39 is 6.04 Å². The molecule has 1 heterocycles. The molecule has 21 heavy (non-hydrogen) atoms. The number of nitrogens with one attached hydrogen (secondary N) is 1. The quantitative estimate of drug-likeness (QED) is 0.798. The van der Waals surface area contributed by atoms with Gasteiger partial charge in [-0.2, -0.15) is 0 Å². The zero-order chi connectivity index (χ0) is 15.6. The molecule has 6 heteroatoms. The number of likely N-dealkylation sites (tertiary alicyclic amines) is 1. The van der Waals surface area contributed by atoms with Crippen molar-refractivity contribution in [2.45, 2.75) is 45.2 Å². The van der Waals surface area contributed by atoms with Crippen molar-refractivity contribution in [1.29, 1.82) is 0 Å². The first-order valence-corrected chi connectivity index (χ1v) is 8.22. The average Bonchev–Trinajstić information content (AvgIpc) is 2.72. The van der Waals surface area contributed by atoms with Crippen LogP contribution in [-0.4, -0.2) is 28.8 Å². The van der Waals surface area contributed by atoms with Crippen molar-refractivity contribution >= 4 is 45.0 Å². The first-order chi connectivity index (χ1) is 9.97. The lowest BCUT2D eigenvalue weighted by atomic mass is 10.1. The first kappa shape index (κ1) is 16.3. The summed E-state index contributed by atoms with van der Waals surface area (Å²) < 4.78 is 0.813. The number of hydrogen-bond donors (Lipinski definition) is 1. The van der Waals surface area contributed by atoms with E-state index in [9.17, 15) is 9.59 Å². The SMILES string of the molecule is CCC(CC)N1C(=O)CC(Nc2cc(Cl)ccc2Br)C1=O. The fraction of sp³-hybridized carbons (Fsp3) is 0.467. The number of nitrogens with zero attached hydrogens (tertiary/aromatic N) is 1. The predicted molar refractivity (Wildman–Crippen MR) is 87.4 cm³/mol. The van der Waals surface area contributed by atoms with E-state index in [0.717, 1.165) is 23.0 Å². The molecule has 0 saturated carbocycles. The summed E-state index contributed by atoms with van der Waals surface area (Å²) in [6.07, 6.45) is 1.75. The number of anilines is 1. The number of carbonyl (C=O) groups excluding carboxylic acids is 2. The Balaban J connectivity index is 2.17. The van der Waals surface area contributed by atoms with Crippen molar-refractivity contribution in [2.75, 3.05) is 5.32 Å². The van der Waals surface area contributed by atoms with Crippen LogP contribution in [0.5, 0.6) is 0 Å². The van der Waals surface area contributed by atoms with Crippen LogP contribution < -0.4 is 5.32 Å². The second-order valence-corrected chi connectivity index (χ2v) is 6.39. The lowest BCUT2D eigenvalue weighted by molar-refractivity contribution is -0.141. The van der Waals surface area contributed by atoms with Gasteiger partial charge in [-0.3, -0.25) is 14.5 Å². The van der Waals surface area contributed by atoms with E-state index in [1.165, 1.54) is 4.90 Å². The van der Waals surface area contributed by atoms with E-state index >= 15 is 0 Å². The highest BCUT2D eigenvalue weighted by Gasteiger charge is 2.41. The van der Waals surface area contributed by atoms with E-state index in [1.54, 1.807) is 12.1 Å². The van der Waals surface area contributed by atoms with Gasteiger partial charge >= 0.3 is 0 Å². The lowest BCUT2D eigenvalue weighted by Gasteiger charge is -2.24. The topological polar surface area (TPSA) is 49.4 Å². The van der Waals surface area contributed by atoms with Gasteiger partial charge < -0.3 is 5.32 Å². The molecule has 0 aromatic heterocycles. The van der Waals surface area contributed by atoms with E-state index in [4.69, 9.17) is 11.6 Å². The Kier molecular flexibility index (Phi) is 5.27. The summed E-state index contributed by atoms with van der Waals surface area (Å²) in [6.45, 7) is 3.98. The van der Waals surface area contributed by atoms with Crippen LogP contribution in [0.25, 0.3) is 0 Å². The number of carbonyl (C=O) groups is 2. The Bertz CT molecular complexity index is 561. The summed E-state index contributed by atoms with van der Waals surface area (Å²) in [4.78, 5) is 26.0. The third kappa shape index (κ3) is 3.40. The number of imide groups is 1. The molecule has 1 aromatic rings. The monoisotopic (exact) mass is 372 g/mol. The summed E-state index contributed by atoms with van der Waals surface area (Å²) in [5.74, 6) is -0.259. The summed E-state index contributed by atoms with van der Waals surface area (Å²) in [5, 5.41) is 3.70. The molecule has 1 saturated heterocycles. The molecule has 0 radical (unpaired) electrons.